The monoisotopic (exact) mass is 330 g/mol. The second-order valence-electron chi connectivity index (χ2n) is 6.70. The summed E-state index contributed by atoms with van der Waals surface area (Å²) in [5.41, 5.74) is 2.09. The van der Waals surface area contributed by atoms with E-state index in [1.54, 1.807) is 7.05 Å². The first-order valence-corrected chi connectivity index (χ1v) is 9.00. The van der Waals surface area contributed by atoms with E-state index in [2.05, 4.69) is 35.3 Å². The Labute approximate surface area is 141 Å². The van der Waals surface area contributed by atoms with Crippen molar-refractivity contribution in [2.75, 3.05) is 38.5 Å². The van der Waals surface area contributed by atoms with Gasteiger partial charge in [-0.05, 0) is 24.0 Å². The molecule has 4 rings (SSSR count). The van der Waals surface area contributed by atoms with Crippen molar-refractivity contribution in [3.63, 3.8) is 0 Å². The first-order chi connectivity index (χ1) is 11.0. The molecule has 1 aromatic carbocycles. The molecule has 3 heterocycles. The largest absolute Gasteiger partial charge is 0.633 e. The Kier molecular flexibility index (Phi) is 3.63. The Bertz CT molecular complexity index is 675. The molecule has 1 saturated heterocycles. The standard InChI is InChI=1S/C17H22N4OS/c1-12-11-13-16(20-7-9-21(2,22)10-8-20)18-14-5-3-4-6-15(14)19-17(13)23-12/h3-6,11,13,17,19H,7-10H2,1-2H3. The number of hydroxylamine groups is 3. The number of amidine groups is 1. The van der Waals surface area contributed by atoms with Crippen LogP contribution in [0.1, 0.15) is 6.92 Å². The number of allylic oxidation sites excluding steroid dienone is 1. The SMILES string of the molecule is CC1=CC2C(N3CC[N+](C)([O-])CC3)=Nc3ccccc3NC2S1. The summed E-state index contributed by atoms with van der Waals surface area (Å²) in [5.74, 6) is 1.37. The summed E-state index contributed by atoms with van der Waals surface area (Å²) in [4.78, 5) is 8.65. The first kappa shape index (κ1) is 15.1. The lowest BCUT2D eigenvalue weighted by atomic mass is 10.1. The average molecular weight is 330 g/mol. The zero-order valence-electron chi connectivity index (χ0n) is 13.5. The summed E-state index contributed by atoms with van der Waals surface area (Å²) in [5, 5.41) is 16.1. The van der Waals surface area contributed by atoms with Crippen molar-refractivity contribution in [2.24, 2.45) is 10.9 Å². The second-order valence-corrected chi connectivity index (χ2v) is 8.09. The number of aliphatic imine (C=N–C) groups is 1. The molecule has 5 nitrogen and oxygen atoms in total. The number of piperazine rings is 1. The van der Waals surface area contributed by atoms with Crippen molar-refractivity contribution < 1.29 is 4.65 Å². The Morgan fingerprint density at radius 2 is 2.04 bits per heavy atom. The van der Waals surface area contributed by atoms with Gasteiger partial charge < -0.3 is 20.1 Å². The number of hydrogen-bond acceptors (Lipinski definition) is 5. The molecule has 0 saturated carbocycles. The zero-order valence-corrected chi connectivity index (χ0v) is 14.3. The first-order valence-electron chi connectivity index (χ1n) is 8.12. The van der Waals surface area contributed by atoms with Gasteiger partial charge in [0.05, 0.1) is 55.9 Å². The average Bonchev–Trinajstić information content (AvgIpc) is 2.80. The van der Waals surface area contributed by atoms with Crippen LogP contribution in [-0.4, -0.2) is 54.0 Å². The van der Waals surface area contributed by atoms with E-state index in [0.717, 1.165) is 30.3 Å². The van der Waals surface area contributed by atoms with Crippen LogP contribution in [-0.2, 0) is 0 Å². The van der Waals surface area contributed by atoms with Gasteiger partial charge in [-0.2, -0.15) is 0 Å². The second kappa shape index (κ2) is 5.54. The Balaban J connectivity index is 1.71. The van der Waals surface area contributed by atoms with Gasteiger partial charge in [0.15, 0.2) is 0 Å². The third-order valence-corrected chi connectivity index (χ3v) is 5.97. The number of thioether (sulfide) groups is 1. The molecule has 23 heavy (non-hydrogen) atoms. The van der Waals surface area contributed by atoms with E-state index in [1.807, 2.05) is 23.9 Å². The van der Waals surface area contributed by atoms with Gasteiger partial charge in [0.2, 0.25) is 0 Å². The summed E-state index contributed by atoms with van der Waals surface area (Å²) in [6.45, 7) is 4.97. The number of rotatable bonds is 0. The van der Waals surface area contributed by atoms with Gasteiger partial charge in [0.1, 0.15) is 5.84 Å². The zero-order chi connectivity index (χ0) is 16.0. The number of hydrogen-bond donors (Lipinski definition) is 1. The Morgan fingerprint density at radius 1 is 1.30 bits per heavy atom. The molecule has 1 N–H and O–H groups in total. The van der Waals surface area contributed by atoms with E-state index in [9.17, 15) is 5.21 Å². The smallest absolute Gasteiger partial charge is 0.115 e. The summed E-state index contributed by atoms with van der Waals surface area (Å²) in [7, 11) is 1.77. The van der Waals surface area contributed by atoms with Gasteiger partial charge in [-0.15, -0.1) is 11.8 Å². The normalized spacial score (nSPS) is 28.9. The lowest BCUT2D eigenvalue weighted by molar-refractivity contribution is -0.864. The van der Waals surface area contributed by atoms with Crippen LogP contribution in [0.3, 0.4) is 0 Å². The fourth-order valence-corrected chi connectivity index (χ4v) is 4.58. The van der Waals surface area contributed by atoms with Gasteiger partial charge in [0.25, 0.3) is 0 Å². The molecule has 1 fully saturated rings. The van der Waals surface area contributed by atoms with Crippen molar-refractivity contribution in [2.45, 2.75) is 12.3 Å². The maximum atomic E-state index is 12.1. The summed E-state index contributed by atoms with van der Waals surface area (Å²) < 4.78 is -0.143. The van der Waals surface area contributed by atoms with Crippen molar-refractivity contribution >= 4 is 29.0 Å². The van der Waals surface area contributed by atoms with Gasteiger partial charge in [0, 0.05) is 0 Å². The van der Waals surface area contributed by atoms with Gasteiger partial charge in [-0.25, -0.2) is 4.99 Å². The van der Waals surface area contributed by atoms with E-state index in [-0.39, 0.29) is 15.9 Å². The molecule has 0 amide bonds. The maximum Gasteiger partial charge on any atom is 0.115 e. The minimum atomic E-state index is -0.143. The molecule has 6 heteroatoms. The highest BCUT2D eigenvalue weighted by Crippen LogP contribution is 2.42. The fourth-order valence-electron chi connectivity index (χ4n) is 3.43. The molecule has 0 aromatic heterocycles. The van der Waals surface area contributed by atoms with E-state index in [1.165, 1.54) is 4.91 Å². The van der Waals surface area contributed by atoms with Crippen LogP contribution in [0, 0.1) is 11.1 Å². The third-order valence-electron chi connectivity index (χ3n) is 4.80. The van der Waals surface area contributed by atoms with Crippen molar-refractivity contribution in [3.8, 4) is 0 Å². The van der Waals surface area contributed by atoms with Crippen molar-refractivity contribution in [3.05, 3.63) is 40.5 Å². The molecule has 2 atom stereocenters. The van der Waals surface area contributed by atoms with Crippen LogP contribution in [0.5, 0.6) is 0 Å². The van der Waals surface area contributed by atoms with Gasteiger partial charge >= 0.3 is 0 Å². The number of quaternary nitrogens is 1. The number of benzene rings is 1. The molecule has 1 aromatic rings. The molecular formula is C17H22N4OS. The van der Waals surface area contributed by atoms with E-state index in [0.29, 0.717) is 13.1 Å². The van der Waals surface area contributed by atoms with E-state index in [4.69, 9.17) is 4.99 Å². The Hall–Kier alpha value is -1.50. The minimum Gasteiger partial charge on any atom is -0.633 e. The predicted molar refractivity (Wildman–Crippen MR) is 96.6 cm³/mol. The van der Waals surface area contributed by atoms with Crippen LogP contribution in [0.15, 0.2) is 40.2 Å². The fraction of sp³-hybridized carbons (Fsp3) is 0.471. The molecule has 2 unspecified atom stereocenters. The molecule has 0 spiro atoms. The lowest BCUT2D eigenvalue weighted by Gasteiger charge is -2.46. The van der Waals surface area contributed by atoms with Gasteiger partial charge in [-0.3, -0.25) is 0 Å². The third kappa shape index (κ3) is 2.86. The van der Waals surface area contributed by atoms with Crippen LogP contribution in [0.4, 0.5) is 11.4 Å². The summed E-state index contributed by atoms with van der Waals surface area (Å²) in [6, 6.07) is 8.22. The number of fused-ring (bicyclic) bond motifs is 2. The summed E-state index contributed by atoms with van der Waals surface area (Å²) in [6.07, 6.45) is 2.31. The number of anilines is 1. The number of likely N-dealkylation sites (N-methyl/N-ethyl adjacent to an activating group) is 1. The molecule has 122 valence electrons. The highest BCUT2D eigenvalue weighted by atomic mass is 32.2. The van der Waals surface area contributed by atoms with E-state index < -0.39 is 0 Å². The highest BCUT2D eigenvalue weighted by Gasteiger charge is 2.37. The molecular weight excluding hydrogens is 308 g/mol. The Morgan fingerprint density at radius 3 is 2.83 bits per heavy atom. The topological polar surface area (TPSA) is 50.7 Å². The number of para-hydroxylation sites is 2. The van der Waals surface area contributed by atoms with Crippen LogP contribution >= 0.6 is 11.8 Å². The van der Waals surface area contributed by atoms with Crippen LogP contribution in [0.25, 0.3) is 0 Å². The van der Waals surface area contributed by atoms with Crippen LogP contribution in [0.2, 0.25) is 0 Å². The number of nitrogens with one attached hydrogen (secondary N) is 1. The number of nitrogens with zero attached hydrogens (tertiary/aromatic N) is 3. The van der Waals surface area contributed by atoms with Crippen molar-refractivity contribution in [1.82, 2.24) is 4.90 Å². The van der Waals surface area contributed by atoms with Gasteiger partial charge in [-0.1, -0.05) is 18.2 Å². The molecule has 0 aliphatic carbocycles. The van der Waals surface area contributed by atoms with Crippen molar-refractivity contribution in [1.29, 1.82) is 0 Å². The predicted octanol–water partition coefficient (Wildman–Crippen LogP) is 3.00. The molecule has 3 aliphatic rings. The minimum absolute atomic E-state index is 0.143. The maximum absolute atomic E-state index is 12.1. The lowest BCUT2D eigenvalue weighted by Crippen LogP contribution is -2.56. The highest BCUT2D eigenvalue weighted by molar-refractivity contribution is 8.04. The quantitative estimate of drug-likeness (QED) is 0.587. The van der Waals surface area contributed by atoms with E-state index >= 15 is 0 Å². The molecule has 0 bridgehead atoms. The molecule has 0 radical (unpaired) electrons. The van der Waals surface area contributed by atoms with Crippen LogP contribution < -0.4 is 5.32 Å². The summed E-state index contributed by atoms with van der Waals surface area (Å²) >= 11 is 1.87. The molecule has 3 aliphatic heterocycles.